The van der Waals surface area contributed by atoms with Gasteiger partial charge in [0, 0.05) is 18.5 Å². The van der Waals surface area contributed by atoms with E-state index in [1.165, 1.54) is 16.3 Å². The van der Waals surface area contributed by atoms with Crippen LogP contribution in [0.2, 0.25) is 0 Å². The lowest BCUT2D eigenvalue weighted by Gasteiger charge is -2.28. The van der Waals surface area contributed by atoms with Crippen LogP contribution in [0, 0.1) is 0 Å². The molecule has 2 unspecified atom stereocenters. The number of amides is 1. The predicted octanol–water partition coefficient (Wildman–Crippen LogP) is 2.60. The van der Waals surface area contributed by atoms with E-state index in [4.69, 9.17) is 5.73 Å². The Kier molecular flexibility index (Phi) is 2.57. The number of rotatable bonds is 2. The molecule has 1 saturated carbocycles. The maximum Gasteiger partial charge on any atom is 0.225 e. The first-order chi connectivity index (χ1) is 9.75. The van der Waals surface area contributed by atoms with Gasteiger partial charge in [-0.05, 0) is 29.2 Å². The van der Waals surface area contributed by atoms with E-state index < -0.39 is 0 Å². The average molecular weight is 266 g/mol. The van der Waals surface area contributed by atoms with E-state index in [0.717, 1.165) is 12.8 Å². The van der Waals surface area contributed by atoms with E-state index in [1.54, 1.807) is 0 Å². The van der Waals surface area contributed by atoms with Gasteiger partial charge in [0.05, 0.1) is 6.04 Å². The highest BCUT2D eigenvalue weighted by molar-refractivity contribution is 5.88. The van der Waals surface area contributed by atoms with Crippen LogP contribution in [0.1, 0.15) is 30.9 Å². The summed E-state index contributed by atoms with van der Waals surface area (Å²) in [6.07, 6.45) is 2.73. The van der Waals surface area contributed by atoms with Gasteiger partial charge >= 0.3 is 0 Å². The highest BCUT2D eigenvalue weighted by atomic mass is 16.2. The second-order valence-electron chi connectivity index (χ2n) is 5.91. The number of nitrogens with zero attached hydrogens (tertiary/aromatic N) is 1. The molecule has 1 saturated heterocycles. The van der Waals surface area contributed by atoms with Gasteiger partial charge in [-0.3, -0.25) is 4.79 Å². The topological polar surface area (TPSA) is 46.3 Å². The van der Waals surface area contributed by atoms with Crippen molar-refractivity contribution in [2.24, 2.45) is 5.73 Å². The molecule has 3 heteroatoms. The van der Waals surface area contributed by atoms with Crippen molar-refractivity contribution in [3.63, 3.8) is 0 Å². The predicted molar refractivity (Wildman–Crippen MR) is 79.1 cm³/mol. The number of nitrogens with two attached hydrogens (primary N) is 1. The minimum absolute atomic E-state index is 0.0427. The molecule has 3 nitrogen and oxygen atoms in total. The third kappa shape index (κ3) is 1.74. The highest BCUT2D eigenvalue weighted by Gasteiger charge is 2.46. The minimum Gasteiger partial charge on any atom is -0.331 e. The first kappa shape index (κ1) is 11.9. The molecule has 0 radical (unpaired) electrons. The van der Waals surface area contributed by atoms with E-state index in [2.05, 4.69) is 36.4 Å². The van der Waals surface area contributed by atoms with Crippen LogP contribution in [0.25, 0.3) is 10.8 Å². The van der Waals surface area contributed by atoms with Crippen molar-refractivity contribution < 1.29 is 4.79 Å². The maximum absolute atomic E-state index is 12.2. The first-order valence-corrected chi connectivity index (χ1v) is 7.30. The summed E-state index contributed by atoms with van der Waals surface area (Å²) < 4.78 is 0. The fourth-order valence-electron chi connectivity index (χ4n) is 3.45. The minimum atomic E-state index is -0.0890. The van der Waals surface area contributed by atoms with E-state index in [0.29, 0.717) is 12.5 Å². The van der Waals surface area contributed by atoms with Gasteiger partial charge in [-0.1, -0.05) is 42.5 Å². The van der Waals surface area contributed by atoms with Crippen molar-refractivity contribution in [3.05, 3.63) is 48.0 Å². The van der Waals surface area contributed by atoms with Crippen molar-refractivity contribution in [1.82, 2.24) is 4.90 Å². The van der Waals surface area contributed by atoms with Gasteiger partial charge in [0.2, 0.25) is 5.91 Å². The smallest absolute Gasteiger partial charge is 0.225 e. The van der Waals surface area contributed by atoms with E-state index >= 15 is 0 Å². The zero-order valence-corrected chi connectivity index (χ0v) is 11.3. The lowest BCUT2D eigenvalue weighted by molar-refractivity contribution is -0.129. The summed E-state index contributed by atoms with van der Waals surface area (Å²) in [6.45, 7) is 0. The van der Waals surface area contributed by atoms with Crippen molar-refractivity contribution in [2.75, 3.05) is 0 Å². The number of hydrogen-bond donors (Lipinski definition) is 1. The van der Waals surface area contributed by atoms with Gasteiger partial charge < -0.3 is 10.6 Å². The molecule has 0 aromatic heterocycles. The van der Waals surface area contributed by atoms with Crippen LogP contribution in [-0.2, 0) is 4.79 Å². The SMILES string of the molecule is NC1CC(=O)N(C2CC2)C1c1cccc2ccccc12. The molecular weight excluding hydrogens is 248 g/mol. The Hall–Kier alpha value is -1.87. The van der Waals surface area contributed by atoms with Crippen molar-refractivity contribution in [2.45, 2.75) is 37.4 Å². The number of benzene rings is 2. The number of likely N-dealkylation sites (tertiary alicyclic amines) is 1. The summed E-state index contributed by atoms with van der Waals surface area (Å²) in [5.74, 6) is 0.220. The van der Waals surface area contributed by atoms with Crippen LogP contribution >= 0.6 is 0 Å². The monoisotopic (exact) mass is 266 g/mol. The quantitative estimate of drug-likeness (QED) is 0.908. The fourth-order valence-corrected chi connectivity index (χ4v) is 3.45. The van der Waals surface area contributed by atoms with Gasteiger partial charge in [0.1, 0.15) is 0 Å². The molecule has 1 heterocycles. The standard InChI is InChI=1S/C17H18N2O/c18-15-10-16(20)19(12-8-9-12)17(15)14-7-3-5-11-4-1-2-6-13(11)14/h1-7,12,15,17H,8-10,18H2. The molecule has 102 valence electrons. The second kappa shape index (κ2) is 4.32. The van der Waals surface area contributed by atoms with Gasteiger partial charge in [0.25, 0.3) is 0 Å². The molecule has 0 spiro atoms. The Bertz CT molecular complexity index is 672. The van der Waals surface area contributed by atoms with E-state index in [-0.39, 0.29) is 18.0 Å². The molecule has 1 aliphatic carbocycles. The third-order valence-corrected chi connectivity index (χ3v) is 4.49. The number of hydrogen-bond acceptors (Lipinski definition) is 2. The third-order valence-electron chi connectivity index (χ3n) is 4.49. The van der Waals surface area contributed by atoms with Crippen LogP contribution in [0.3, 0.4) is 0 Å². The molecule has 2 fully saturated rings. The molecule has 2 atom stereocenters. The first-order valence-electron chi connectivity index (χ1n) is 7.30. The van der Waals surface area contributed by atoms with Crippen LogP contribution < -0.4 is 5.73 Å². The summed E-state index contributed by atoms with van der Waals surface area (Å²) in [6, 6.07) is 15.0. The lowest BCUT2D eigenvalue weighted by Crippen LogP contribution is -2.34. The Morgan fingerprint density at radius 1 is 1.05 bits per heavy atom. The Labute approximate surface area is 118 Å². The number of carbonyl (C=O) groups is 1. The molecule has 2 N–H and O–H groups in total. The van der Waals surface area contributed by atoms with Crippen LogP contribution in [0.15, 0.2) is 42.5 Å². The van der Waals surface area contributed by atoms with Crippen molar-refractivity contribution in [1.29, 1.82) is 0 Å². The van der Waals surface area contributed by atoms with Gasteiger partial charge in [0.15, 0.2) is 0 Å². The van der Waals surface area contributed by atoms with E-state index in [9.17, 15) is 4.79 Å². The van der Waals surface area contributed by atoms with E-state index in [1.807, 2.05) is 11.0 Å². The number of carbonyl (C=O) groups excluding carboxylic acids is 1. The summed E-state index contributed by atoms with van der Waals surface area (Å²) in [5.41, 5.74) is 7.49. The zero-order chi connectivity index (χ0) is 13.7. The Morgan fingerprint density at radius 3 is 2.60 bits per heavy atom. The molecule has 1 amide bonds. The average Bonchev–Trinajstić information content (AvgIpc) is 3.24. The summed E-state index contributed by atoms with van der Waals surface area (Å²) >= 11 is 0. The Morgan fingerprint density at radius 2 is 1.80 bits per heavy atom. The molecular formula is C17H18N2O. The largest absolute Gasteiger partial charge is 0.331 e. The van der Waals surface area contributed by atoms with Gasteiger partial charge in [-0.25, -0.2) is 0 Å². The highest BCUT2D eigenvalue weighted by Crippen LogP contribution is 2.42. The van der Waals surface area contributed by atoms with Crippen molar-refractivity contribution >= 4 is 16.7 Å². The molecule has 4 rings (SSSR count). The molecule has 20 heavy (non-hydrogen) atoms. The van der Waals surface area contributed by atoms with Crippen LogP contribution in [-0.4, -0.2) is 22.9 Å². The maximum atomic E-state index is 12.2. The summed E-state index contributed by atoms with van der Waals surface area (Å²) in [7, 11) is 0. The molecule has 1 aliphatic heterocycles. The molecule has 2 aromatic rings. The number of fused-ring (bicyclic) bond motifs is 1. The molecule has 2 aromatic carbocycles. The summed E-state index contributed by atoms with van der Waals surface area (Å²) in [5, 5.41) is 2.43. The lowest BCUT2D eigenvalue weighted by atomic mass is 9.95. The van der Waals surface area contributed by atoms with Gasteiger partial charge in [-0.15, -0.1) is 0 Å². The normalized spacial score (nSPS) is 26.4. The van der Waals surface area contributed by atoms with Crippen LogP contribution in [0.4, 0.5) is 0 Å². The van der Waals surface area contributed by atoms with Crippen LogP contribution in [0.5, 0.6) is 0 Å². The Balaban J connectivity index is 1.86. The second-order valence-corrected chi connectivity index (χ2v) is 5.91. The fraction of sp³-hybridized carbons (Fsp3) is 0.353. The summed E-state index contributed by atoms with van der Waals surface area (Å²) in [4.78, 5) is 14.3. The van der Waals surface area contributed by atoms with Gasteiger partial charge in [-0.2, -0.15) is 0 Å². The molecule has 2 aliphatic rings. The molecule has 0 bridgehead atoms. The van der Waals surface area contributed by atoms with Crippen molar-refractivity contribution in [3.8, 4) is 0 Å². The zero-order valence-electron chi connectivity index (χ0n) is 11.3.